The minimum Gasteiger partial charge on any atom is -0.461 e. The van der Waals surface area contributed by atoms with Crippen LogP contribution in [0.1, 0.15) is 54.5 Å². The molecule has 16 heteroatoms. The molecule has 6 heterocycles. The molecule has 2 aromatic rings. The number of nitrogens with two attached hydrogens (primary N) is 1. The van der Waals surface area contributed by atoms with Gasteiger partial charge in [0.1, 0.15) is 24.3 Å². The number of ether oxygens (including phenoxy) is 2. The Morgan fingerprint density at radius 1 is 1.12 bits per heavy atom. The molecule has 0 unspecified atom stereocenters. The largest absolute Gasteiger partial charge is 0.461 e. The number of carbonyl (C=O) groups excluding carboxylic acids is 1. The second kappa shape index (κ2) is 13.4. The minimum atomic E-state index is -3.18. The minimum absolute atomic E-state index is 0.0387. The summed E-state index contributed by atoms with van der Waals surface area (Å²) in [5.74, 6) is -0.106. The van der Waals surface area contributed by atoms with Crippen LogP contribution in [0.15, 0.2) is 33.9 Å². The smallest absolute Gasteiger partial charge is 0.318 e. The molecule has 51 heavy (non-hydrogen) atoms. The average Bonchev–Trinajstić information content (AvgIpc) is 3.69. The van der Waals surface area contributed by atoms with E-state index in [4.69, 9.17) is 53.4 Å². The summed E-state index contributed by atoms with van der Waals surface area (Å²) in [5.41, 5.74) is 9.50. The summed E-state index contributed by atoms with van der Waals surface area (Å²) in [6.07, 6.45) is 4.19. The highest BCUT2D eigenvalue weighted by atomic mass is 35.5. The van der Waals surface area contributed by atoms with E-state index >= 15 is 0 Å². The molecule has 12 nitrogen and oxygen atoms in total. The molecule has 0 bridgehead atoms. The van der Waals surface area contributed by atoms with E-state index in [0.29, 0.717) is 57.0 Å². The van der Waals surface area contributed by atoms with E-state index in [1.165, 1.54) is 4.90 Å². The summed E-state index contributed by atoms with van der Waals surface area (Å²) in [7, 11) is -3.18. The molecule has 8 rings (SSSR count). The first-order valence-electron chi connectivity index (χ1n) is 17.7. The van der Waals surface area contributed by atoms with Crippen LogP contribution in [-0.2, 0) is 44.4 Å². The third-order valence-corrected chi connectivity index (χ3v) is 13.9. The summed E-state index contributed by atoms with van der Waals surface area (Å²) in [6.45, 7) is 3.22. The van der Waals surface area contributed by atoms with Gasteiger partial charge in [0.05, 0.1) is 52.2 Å². The number of aliphatic imine (C=N–C) groups is 1. The maximum atomic E-state index is 14.6. The SMILES string of the molecule is NC(C(=O)N1CCS(=O)(=O)CC1)=C(Cl)C1=NCCCN(c2nc(OC[C@@]34CCCN3C[C@H](F)C4)nc3c2CO[C@@]2(CCc4c(Cl)cccc42)C3)C1. The number of nitrogens with zero attached hydrogens (tertiary/aromatic N) is 6. The van der Waals surface area contributed by atoms with E-state index in [2.05, 4.69) is 15.9 Å². The van der Waals surface area contributed by atoms with Crippen molar-refractivity contribution in [3.8, 4) is 6.01 Å². The van der Waals surface area contributed by atoms with Crippen molar-refractivity contribution in [1.29, 1.82) is 0 Å². The van der Waals surface area contributed by atoms with Gasteiger partial charge in [-0.15, -0.1) is 0 Å². The number of carbonyl (C=O) groups is 1. The van der Waals surface area contributed by atoms with Crippen LogP contribution in [0.4, 0.5) is 10.2 Å². The lowest BCUT2D eigenvalue weighted by Crippen LogP contribution is -2.45. The number of hydrogen-bond donors (Lipinski definition) is 1. The van der Waals surface area contributed by atoms with Crippen molar-refractivity contribution in [1.82, 2.24) is 19.8 Å². The fraction of sp³-hybridized carbons (Fsp3) is 0.600. The van der Waals surface area contributed by atoms with Crippen LogP contribution in [0.3, 0.4) is 0 Å². The number of fused-ring (bicyclic) bond motifs is 4. The number of rotatable bonds is 6. The molecular formula is C35H42Cl2FN7O5S. The Hall–Kier alpha value is -3.04. The van der Waals surface area contributed by atoms with Gasteiger partial charge in [-0.25, -0.2) is 12.8 Å². The number of hydrogen-bond acceptors (Lipinski definition) is 11. The van der Waals surface area contributed by atoms with E-state index in [9.17, 15) is 17.6 Å². The maximum Gasteiger partial charge on any atom is 0.318 e. The van der Waals surface area contributed by atoms with E-state index in [-0.39, 0.29) is 60.0 Å². The molecule has 2 N–H and O–H groups in total. The van der Waals surface area contributed by atoms with Gasteiger partial charge >= 0.3 is 6.01 Å². The maximum absolute atomic E-state index is 14.6. The fourth-order valence-electron chi connectivity index (χ4n) is 8.77. The van der Waals surface area contributed by atoms with Crippen LogP contribution in [-0.4, -0.2) is 115 Å². The van der Waals surface area contributed by atoms with Gasteiger partial charge in [-0.3, -0.25) is 14.7 Å². The Morgan fingerprint density at radius 3 is 2.76 bits per heavy atom. The predicted octanol–water partition coefficient (Wildman–Crippen LogP) is 3.32. The Labute approximate surface area is 307 Å². The normalized spacial score (nSPS) is 29.2. The number of sulfone groups is 1. The molecule has 3 atom stereocenters. The van der Waals surface area contributed by atoms with Gasteiger partial charge in [-0.05, 0) is 55.8 Å². The molecule has 0 saturated carbocycles. The van der Waals surface area contributed by atoms with E-state index in [0.717, 1.165) is 59.6 Å². The second-order valence-corrected chi connectivity index (χ2v) is 17.7. The molecule has 1 aromatic carbocycles. The zero-order chi connectivity index (χ0) is 35.5. The average molecular weight is 763 g/mol. The molecule has 0 radical (unpaired) electrons. The Bertz CT molecular complexity index is 1920. The van der Waals surface area contributed by atoms with Gasteiger partial charge < -0.3 is 25.0 Å². The van der Waals surface area contributed by atoms with Crippen molar-refractivity contribution in [2.45, 2.75) is 68.9 Å². The Kier molecular flexibility index (Phi) is 9.22. The first-order chi connectivity index (χ1) is 24.5. The molecular weight excluding hydrogens is 720 g/mol. The van der Waals surface area contributed by atoms with Gasteiger partial charge in [0, 0.05) is 56.2 Å². The topological polar surface area (TPSA) is 144 Å². The third kappa shape index (κ3) is 6.49. The van der Waals surface area contributed by atoms with Crippen molar-refractivity contribution in [3.63, 3.8) is 0 Å². The van der Waals surface area contributed by atoms with Crippen molar-refractivity contribution < 1.29 is 27.1 Å². The van der Waals surface area contributed by atoms with Crippen LogP contribution in [0.25, 0.3) is 0 Å². The van der Waals surface area contributed by atoms with E-state index in [1.54, 1.807) is 0 Å². The number of alkyl halides is 1. The van der Waals surface area contributed by atoms with Crippen LogP contribution in [0.5, 0.6) is 6.01 Å². The van der Waals surface area contributed by atoms with Crippen molar-refractivity contribution >= 4 is 50.5 Å². The van der Waals surface area contributed by atoms with Crippen LogP contribution in [0, 0.1) is 0 Å². The van der Waals surface area contributed by atoms with E-state index in [1.807, 2.05) is 12.1 Å². The molecule has 1 spiro atoms. The zero-order valence-electron chi connectivity index (χ0n) is 28.4. The van der Waals surface area contributed by atoms with Gasteiger partial charge in [0.15, 0.2) is 9.84 Å². The highest BCUT2D eigenvalue weighted by Gasteiger charge is 2.50. The summed E-state index contributed by atoms with van der Waals surface area (Å²) in [4.78, 5) is 33.7. The molecule has 3 saturated heterocycles. The lowest BCUT2D eigenvalue weighted by atomic mass is 9.87. The Morgan fingerprint density at radius 2 is 1.94 bits per heavy atom. The number of amides is 1. The summed E-state index contributed by atoms with van der Waals surface area (Å²) in [5, 5.41) is 0.774. The van der Waals surface area contributed by atoms with Crippen LogP contribution in [0.2, 0.25) is 5.02 Å². The monoisotopic (exact) mass is 761 g/mol. The highest BCUT2D eigenvalue weighted by Crippen LogP contribution is 2.49. The van der Waals surface area contributed by atoms with Gasteiger partial charge in [0.2, 0.25) is 0 Å². The lowest BCUT2D eigenvalue weighted by molar-refractivity contribution is -0.126. The standard InChI is InChI=1S/C35H42Cl2FN7O5S/c36-26-5-1-4-25-23(26)6-8-35(25)17-27-24(20-50-35)31(42-33(41-27)49-21-34-7-2-11-45(34)18-22(38)16-34)44-10-3-9-40-28(19-44)29(37)30(39)32(46)43-12-14-51(47,48)15-13-43/h1,4-5,22H,2-3,6-21,39H2/t22-,34+,35+/m1/s1. The number of anilines is 1. The molecule has 6 aliphatic rings. The third-order valence-electron chi connectivity index (χ3n) is 11.5. The first-order valence-corrected chi connectivity index (χ1v) is 20.3. The quantitative estimate of drug-likeness (QED) is 0.436. The van der Waals surface area contributed by atoms with Crippen molar-refractivity contribution in [2.75, 3.05) is 68.8 Å². The second-order valence-electron chi connectivity index (χ2n) is 14.6. The zero-order valence-corrected chi connectivity index (χ0v) is 30.7. The fourth-order valence-corrected chi connectivity index (χ4v) is 10.4. The number of halogens is 3. The number of aromatic nitrogens is 2. The summed E-state index contributed by atoms with van der Waals surface area (Å²) in [6, 6.07) is 6.18. The van der Waals surface area contributed by atoms with E-state index < -0.39 is 27.5 Å². The van der Waals surface area contributed by atoms with Crippen LogP contribution < -0.4 is 15.4 Å². The molecule has 1 amide bonds. The lowest BCUT2D eigenvalue weighted by Gasteiger charge is -2.37. The number of benzene rings is 1. The molecule has 1 aromatic heterocycles. The Balaban J connectivity index is 1.11. The predicted molar refractivity (Wildman–Crippen MR) is 192 cm³/mol. The van der Waals surface area contributed by atoms with Gasteiger partial charge in [-0.2, -0.15) is 9.97 Å². The highest BCUT2D eigenvalue weighted by molar-refractivity contribution is 7.91. The van der Waals surface area contributed by atoms with Gasteiger partial charge in [0.25, 0.3) is 5.91 Å². The summed E-state index contributed by atoms with van der Waals surface area (Å²) < 4.78 is 51.7. The molecule has 5 aliphatic heterocycles. The van der Waals surface area contributed by atoms with Gasteiger partial charge in [-0.1, -0.05) is 35.3 Å². The first kappa shape index (κ1) is 35.0. The van der Waals surface area contributed by atoms with Crippen molar-refractivity contribution in [3.05, 3.63) is 56.3 Å². The molecule has 1 aliphatic carbocycles. The molecule has 274 valence electrons. The molecule has 3 fully saturated rings. The van der Waals surface area contributed by atoms with Crippen LogP contribution >= 0.6 is 23.2 Å². The van der Waals surface area contributed by atoms with Crippen molar-refractivity contribution in [2.24, 2.45) is 10.7 Å². The summed E-state index contributed by atoms with van der Waals surface area (Å²) >= 11 is 13.4.